The van der Waals surface area contributed by atoms with Crippen LogP contribution in [0.25, 0.3) is 0 Å². The number of rotatable bonds is 5. The van der Waals surface area contributed by atoms with E-state index in [0.717, 1.165) is 5.56 Å². The summed E-state index contributed by atoms with van der Waals surface area (Å²) in [4.78, 5) is 45.2. The molecule has 1 N–H and O–H groups in total. The number of carbonyl (C=O) groups is 3. The fourth-order valence-corrected chi connectivity index (χ4v) is 6.96. The Kier molecular flexibility index (Phi) is 6.49. The highest BCUT2D eigenvalue weighted by molar-refractivity contribution is 6.34. The molecule has 4 aliphatic rings. The summed E-state index contributed by atoms with van der Waals surface area (Å²) in [7, 11) is 0. The molecule has 0 aliphatic carbocycles. The van der Waals surface area contributed by atoms with Crippen LogP contribution in [0.4, 0.5) is 5.69 Å². The SMILES string of the molecule is CC[C@H](C)[C@H](CO)N1C(=O)[C@@H]2[C@H]3C(=O)OCC=C[C@@]3(C)O[C@@]23C=CCN(c2c(C)cccc2Cl)C(=O)C13. The van der Waals surface area contributed by atoms with Crippen molar-refractivity contribution in [1.82, 2.24) is 4.90 Å². The van der Waals surface area contributed by atoms with Crippen molar-refractivity contribution < 1.29 is 29.0 Å². The molecule has 37 heavy (non-hydrogen) atoms. The number of hydrogen-bond acceptors (Lipinski definition) is 6. The van der Waals surface area contributed by atoms with E-state index >= 15 is 0 Å². The molecule has 0 aromatic heterocycles. The first kappa shape index (κ1) is 25.9. The summed E-state index contributed by atoms with van der Waals surface area (Å²) >= 11 is 6.58. The number of cyclic esters (lactones) is 1. The third-order valence-electron chi connectivity index (χ3n) is 8.55. The van der Waals surface area contributed by atoms with Crippen molar-refractivity contribution in [3.63, 3.8) is 0 Å². The van der Waals surface area contributed by atoms with Crippen molar-refractivity contribution in [3.8, 4) is 0 Å². The molecule has 2 fully saturated rings. The van der Waals surface area contributed by atoms with E-state index in [4.69, 9.17) is 21.1 Å². The van der Waals surface area contributed by atoms with Gasteiger partial charge < -0.3 is 24.4 Å². The van der Waals surface area contributed by atoms with Gasteiger partial charge in [0, 0.05) is 6.54 Å². The zero-order valence-electron chi connectivity index (χ0n) is 21.5. The van der Waals surface area contributed by atoms with Crippen molar-refractivity contribution in [2.75, 3.05) is 24.7 Å². The smallest absolute Gasteiger partial charge is 0.313 e. The number of fused-ring (bicyclic) bond motifs is 2. The van der Waals surface area contributed by atoms with E-state index < -0.39 is 41.1 Å². The Hall–Kier alpha value is -2.68. The third kappa shape index (κ3) is 3.67. The number of aliphatic hydroxyl groups excluding tert-OH is 1. The lowest BCUT2D eigenvalue weighted by Gasteiger charge is -2.41. The van der Waals surface area contributed by atoms with Gasteiger partial charge in [0.2, 0.25) is 5.91 Å². The minimum absolute atomic E-state index is 0.0931. The molecule has 1 spiro atoms. The molecule has 5 rings (SSSR count). The lowest BCUT2D eigenvalue weighted by Crippen LogP contribution is -2.60. The molecule has 1 aromatic rings. The van der Waals surface area contributed by atoms with Gasteiger partial charge in [0.15, 0.2) is 0 Å². The van der Waals surface area contributed by atoms with Crippen molar-refractivity contribution in [1.29, 1.82) is 0 Å². The number of hydrogen-bond donors (Lipinski definition) is 1. The summed E-state index contributed by atoms with van der Waals surface area (Å²) in [6.07, 6.45) is 7.75. The maximum atomic E-state index is 14.6. The van der Waals surface area contributed by atoms with Crippen LogP contribution in [0.5, 0.6) is 0 Å². The van der Waals surface area contributed by atoms with Gasteiger partial charge in [-0.25, -0.2) is 0 Å². The van der Waals surface area contributed by atoms with Gasteiger partial charge in [0.1, 0.15) is 24.2 Å². The molecule has 198 valence electrons. The minimum atomic E-state index is -1.42. The predicted octanol–water partition coefficient (Wildman–Crippen LogP) is 3.04. The average Bonchev–Trinajstić information content (AvgIpc) is 3.11. The van der Waals surface area contributed by atoms with Crippen LogP contribution in [0.1, 0.15) is 32.8 Å². The van der Waals surface area contributed by atoms with Gasteiger partial charge >= 0.3 is 5.97 Å². The molecule has 0 bridgehead atoms. The highest BCUT2D eigenvalue weighted by Crippen LogP contribution is 2.58. The molecule has 0 radical (unpaired) electrons. The first-order chi connectivity index (χ1) is 17.6. The second kappa shape index (κ2) is 9.26. The second-order valence-corrected chi connectivity index (χ2v) is 11.1. The maximum Gasteiger partial charge on any atom is 0.313 e. The number of amides is 2. The van der Waals surface area contributed by atoms with Gasteiger partial charge in [-0.3, -0.25) is 14.4 Å². The zero-order valence-corrected chi connectivity index (χ0v) is 22.3. The largest absolute Gasteiger partial charge is 0.461 e. The molecule has 2 saturated heterocycles. The minimum Gasteiger partial charge on any atom is -0.461 e. The van der Waals surface area contributed by atoms with E-state index in [1.54, 1.807) is 36.1 Å². The molecular formula is C28H33ClN2O6. The van der Waals surface area contributed by atoms with Gasteiger partial charge in [-0.15, -0.1) is 0 Å². The highest BCUT2D eigenvalue weighted by atomic mass is 35.5. The lowest BCUT2D eigenvalue weighted by molar-refractivity contribution is -0.158. The van der Waals surface area contributed by atoms with Crippen LogP contribution in [0.2, 0.25) is 5.02 Å². The summed E-state index contributed by atoms with van der Waals surface area (Å²) in [5, 5.41) is 10.9. The molecule has 0 saturated carbocycles. The number of aryl methyl sites for hydroxylation is 1. The Balaban J connectivity index is 1.72. The molecule has 7 atom stereocenters. The first-order valence-corrected chi connectivity index (χ1v) is 13.2. The Morgan fingerprint density at radius 2 is 1.92 bits per heavy atom. The van der Waals surface area contributed by atoms with Gasteiger partial charge in [0.25, 0.3) is 5.91 Å². The lowest BCUT2D eigenvalue weighted by atomic mass is 9.75. The molecular weight excluding hydrogens is 496 g/mol. The summed E-state index contributed by atoms with van der Waals surface area (Å²) in [5.41, 5.74) is -1.18. The molecule has 4 aliphatic heterocycles. The van der Waals surface area contributed by atoms with Crippen molar-refractivity contribution in [2.45, 2.75) is 57.4 Å². The first-order valence-electron chi connectivity index (χ1n) is 12.8. The number of halogens is 1. The number of benzene rings is 1. The van der Waals surface area contributed by atoms with Gasteiger partial charge in [-0.2, -0.15) is 0 Å². The summed E-state index contributed by atoms with van der Waals surface area (Å²) in [5.74, 6) is -3.31. The number of ether oxygens (including phenoxy) is 2. The highest BCUT2D eigenvalue weighted by Gasteiger charge is 2.75. The quantitative estimate of drug-likeness (QED) is 0.466. The predicted molar refractivity (Wildman–Crippen MR) is 138 cm³/mol. The maximum absolute atomic E-state index is 14.6. The van der Waals surface area contributed by atoms with Crippen LogP contribution in [0, 0.1) is 24.7 Å². The second-order valence-electron chi connectivity index (χ2n) is 10.7. The summed E-state index contributed by atoms with van der Waals surface area (Å²) in [6, 6.07) is 3.68. The molecule has 9 heteroatoms. The molecule has 4 heterocycles. The monoisotopic (exact) mass is 528 g/mol. The topological polar surface area (TPSA) is 96.4 Å². The molecule has 8 nitrogen and oxygen atoms in total. The summed E-state index contributed by atoms with van der Waals surface area (Å²) < 4.78 is 12.1. The number of likely N-dealkylation sites (tertiary alicyclic amines) is 1. The molecule has 1 unspecified atom stereocenters. The van der Waals surface area contributed by atoms with E-state index in [0.29, 0.717) is 17.1 Å². The Labute approximate surface area is 221 Å². The standard InChI is InChI=1S/C28H33ClN2O6/c1-5-16(2)19(15-32)31-23-25(34)30(22-17(3)9-6-10-18(22)29)13-7-12-28(23)20(24(31)33)21-26(35)36-14-8-11-27(21,4)37-28/h6-12,16,19-21,23,32H,5,13-15H2,1-4H3/t16-,19-,20-,21-,23?,27+,28-/m0/s1. The van der Waals surface area contributed by atoms with Crippen LogP contribution in [0.3, 0.4) is 0 Å². The Morgan fingerprint density at radius 3 is 2.59 bits per heavy atom. The fraction of sp³-hybridized carbons (Fsp3) is 0.536. The van der Waals surface area contributed by atoms with Crippen LogP contribution < -0.4 is 4.90 Å². The zero-order chi connectivity index (χ0) is 26.7. The molecule has 2 amide bonds. The van der Waals surface area contributed by atoms with Gasteiger partial charge in [0.05, 0.1) is 34.9 Å². The number of aliphatic hydroxyl groups is 1. The average molecular weight is 529 g/mol. The third-order valence-corrected chi connectivity index (χ3v) is 8.86. The van der Waals surface area contributed by atoms with E-state index in [1.807, 2.05) is 39.0 Å². The van der Waals surface area contributed by atoms with Gasteiger partial charge in [-0.1, -0.05) is 62.2 Å². The summed E-state index contributed by atoms with van der Waals surface area (Å²) in [6.45, 7) is 7.54. The number of para-hydroxylation sites is 1. The molecule has 1 aromatic carbocycles. The van der Waals surface area contributed by atoms with Crippen molar-refractivity contribution in [2.24, 2.45) is 17.8 Å². The fourth-order valence-electron chi connectivity index (χ4n) is 6.63. The van der Waals surface area contributed by atoms with E-state index in [-0.39, 0.29) is 37.5 Å². The van der Waals surface area contributed by atoms with E-state index in [1.165, 1.54) is 4.90 Å². The number of nitrogens with zero attached hydrogens (tertiary/aromatic N) is 2. The van der Waals surface area contributed by atoms with E-state index in [9.17, 15) is 19.5 Å². The normalized spacial score (nSPS) is 34.4. The van der Waals surface area contributed by atoms with Crippen LogP contribution in [-0.4, -0.2) is 70.8 Å². The van der Waals surface area contributed by atoms with Crippen molar-refractivity contribution in [3.05, 3.63) is 53.1 Å². The number of carbonyl (C=O) groups excluding carboxylic acids is 3. The van der Waals surface area contributed by atoms with E-state index in [2.05, 4.69) is 0 Å². The Morgan fingerprint density at radius 1 is 1.16 bits per heavy atom. The Bertz CT molecular complexity index is 1180. The number of anilines is 1. The van der Waals surface area contributed by atoms with Gasteiger partial charge in [-0.05, 0) is 37.5 Å². The van der Waals surface area contributed by atoms with Crippen molar-refractivity contribution >= 4 is 35.1 Å². The number of esters is 1. The van der Waals surface area contributed by atoms with Crippen LogP contribution in [-0.2, 0) is 23.9 Å². The van der Waals surface area contributed by atoms with Crippen LogP contribution >= 0.6 is 11.6 Å². The van der Waals surface area contributed by atoms with Crippen LogP contribution in [0.15, 0.2) is 42.5 Å².